The number of hydrogen-bond donors (Lipinski definition) is 1. The van der Waals surface area contributed by atoms with Gasteiger partial charge in [0, 0.05) is 18.3 Å². The molecule has 1 aliphatic heterocycles. The van der Waals surface area contributed by atoms with Gasteiger partial charge < -0.3 is 14.6 Å². The van der Waals surface area contributed by atoms with E-state index in [1.54, 1.807) is 0 Å². The lowest BCUT2D eigenvalue weighted by molar-refractivity contribution is 0.275. The normalized spacial score (nSPS) is 19.6. The van der Waals surface area contributed by atoms with Gasteiger partial charge in [0.1, 0.15) is 17.6 Å². The van der Waals surface area contributed by atoms with E-state index in [1.807, 2.05) is 48.7 Å². The van der Waals surface area contributed by atoms with Crippen LogP contribution in [0.25, 0.3) is 11.3 Å². The van der Waals surface area contributed by atoms with Crippen LogP contribution in [0, 0.1) is 0 Å². The molecule has 0 spiro atoms. The van der Waals surface area contributed by atoms with Crippen LogP contribution in [0.3, 0.4) is 0 Å². The lowest BCUT2D eigenvalue weighted by Crippen LogP contribution is -2.30. The first-order valence-corrected chi connectivity index (χ1v) is 9.32. The third-order valence-electron chi connectivity index (χ3n) is 4.64. The van der Waals surface area contributed by atoms with Crippen LogP contribution >= 0.6 is 12.2 Å². The van der Waals surface area contributed by atoms with Crippen LogP contribution in [0.15, 0.2) is 71.3 Å². The molecule has 26 heavy (non-hydrogen) atoms. The molecule has 0 aliphatic carbocycles. The van der Waals surface area contributed by atoms with Gasteiger partial charge in [-0.1, -0.05) is 43.3 Å². The topological polar surface area (TPSA) is 41.3 Å². The van der Waals surface area contributed by atoms with Crippen LogP contribution in [0.5, 0.6) is 0 Å². The molecule has 1 aliphatic rings. The Kier molecular flexibility index (Phi) is 4.71. The molecular formula is C21H21N3OS. The summed E-state index contributed by atoms with van der Waals surface area (Å²) in [4.78, 5) is 6.75. The molecule has 3 heterocycles. The first kappa shape index (κ1) is 16.8. The van der Waals surface area contributed by atoms with Crippen molar-refractivity contribution in [2.24, 2.45) is 0 Å². The lowest BCUT2D eigenvalue weighted by atomic mass is 10.0. The summed E-state index contributed by atoms with van der Waals surface area (Å²) in [5.41, 5.74) is 2.04. The number of hydrogen-bond acceptors (Lipinski definition) is 3. The fourth-order valence-electron chi connectivity index (χ4n) is 3.47. The van der Waals surface area contributed by atoms with Crippen LogP contribution in [-0.4, -0.2) is 21.5 Å². The van der Waals surface area contributed by atoms with Crippen LogP contribution in [0.1, 0.15) is 36.9 Å². The Hall–Kier alpha value is -2.66. The van der Waals surface area contributed by atoms with E-state index < -0.39 is 0 Å². The van der Waals surface area contributed by atoms with Crippen molar-refractivity contribution in [3.63, 3.8) is 0 Å². The van der Waals surface area contributed by atoms with Crippen LogP contribution < -0.4 is 5.32 Å². The van der Waals surface area contributed by atoms with E-state index in [2.05, 4.69) is 40.3 Å². The van der Waals surface area contributed by atoms with Gasteiger partial charge in [-0.25, -0.2) is 0 Å². The second-order valence-electron chi connectivity index (χ2n) is 6.39. The molecule has 0 unspecified atom stereocenters. The number of nitrogens with zero attached hydrogens (tertiary/aromatic N) is 2. The molecule has 0 saturated carbocycles. The zero-order chi connectivity index (χ0) is 17.9. The molecule has 1 aromatic carbocycles. The molecule has 2 atom stereocenters. The minimum atomic E-state index is -0.0231. The van der Waals surface area contributed by atoms with Crippen molar-refractivity contribution in [1.82, 2.24) is 15.2 Å². The van der Waals surface area contributed by atoms with Crippen molar-refractivity contribution in [1.29, 1.82) is 0 Å². The molecule has 0 amide bonds. The predicted octanol–water partition coefficient (Wildman–Crippen LogP) is 4.72. The summed E-state index contributed by atoms with van der Waals surface area (Å²) in [6.45, 7) is 3.03. The van der Waals surface area contributed by atoms with E-state index in [9.17, 15) is 0 Å². The van der Waals surface area contributed by atoms with Crippen LogP contribution in [0.4, 0.5) is 0 Å². The van der Waals surface area contributed by atoms with Crippen LogP contribution in [-0.2, 0) is 0 Å². The summed E-state index contributed by atoms with van der Waals surface area (Å²) in [6.07, 6.45) is 2.83. The summed E-state index contributed by atoms with van der Waals surface area (Å²) in [6, 6.07) is 20.2. The largest absolute Gasteiger partial charge is 0.459 e. The summed E-state index contributed by atoms with van der Waals surface area (Å²) in [5, 5.41) is 4.19. The second-order valence-corrected chi connectivity index (χ2v) is 6.77. The van der Waals surface area contributed by atoms with E-state index in [1.165, 1.54) is 0 Å². The van der Waals surface area contributed by atoms with E-state index in [4.69, 9.17) is 16.6 Å². The summed E-state index contributed by atoms with van der Waals surface area (Å²) in [5.74, 6) is 1.77. The summed E-state index contributed by atoms with van der Waals surface area (Å²) in [7, 11) is 0. The maximum Gasteiger partial charge on any atom is 0.170 e. The number of pyridine rings is 1. The highest BCUT2D eigenvalue weighted by molar-refractivity contribution is 7.80. The maximum atomic E-state index is 6.26. The average molecular weight is 363 g/mol. The maximum absolute atomic E-state index is 6.26. The summed E-state index contributed by atoms with van der Waals surface area (Å²) < 4.78 is 6.26. The first-order valence-electron chi connectivity index (χ1n) is 8.91. The molecule has 0 radical (unpaired) electrons. The van der Waals surface area contributed by atoms with E-state index in [0.717, 1.165) is 40.9 Å². The van der Waals surface area contributed by atoms with E-state index in [0.29, 0.717) is 0 Å². The van der Waals surface area contributed by atoms with Gasteiger partial charge in [-0.3, -0.25) is 4.98 Å². The van der Waals surface area contributed by atoms with E-state index >= 15 is 0 Å². The van der Waals surface area contributed by atoms with Crippen molar-refractivity contribution in [2.75, 3.05) is 6.54 Å². The second kappa shape index (κ2) is 7.30. The Bertz CT molecular complexity index is 879. The number of thiocarbonyl (C=S) groups is 1. The molecule has 132 valence electrons. The van der Waals surface area contributed by atoms with Gasteiger partial charge in [0.25, 0.3) is 0 Å². The quantitative estimate of drug-likeness (QED) is 0.664. The highest BCUT2D eigenvalue weighted by atomic mass is 32.1. The fraction of sp³-hybridized carbons (Fsp3) is 0.238. The Morgan fingerprint density at radius 1 is 1.08 bits per heavy atom. The Morgan fingerprint density at radius 2 is 1.88 bits per heavy atom. The van der Waals surface area contributed by atoms with Gasteiger partial charge in [0.05, 0.1) is 11.7 Å². The molecule has 1 N–H and O–H groups in total. The van der Waals surface area contributed by atoms with Crippen LogP contribution in [0.2, 0.25) is 0 Å². The molecule has 0 bridgehead atoms. The molecule has 4 rings (SSSR count). The molecular weight excluding hydrogens is 342 g/mol. The summed E-state index contributed by atoms with van der Waals surface area (Å²) >= 11 is 5.61. The number of nitrogens with one attached hydrogen (secondary N) is 1. The smallest absolute Gasteiger partial charge is 0.170 e. The SMILES string of the molecule is CCCN1C(=S)N[C@H](c2ccccn2)[C@@H]1c1ccc(-c2ccccc2)o1. The molecule has 3 aromatic rings. The molecule has 4 nitrogen and oxygen atoms in total. The third-order valence-corrected chi connectivity index (χ3v) is 4.99. The Balaban J connectivity index is 1.72. The average Bonchev–Trinajstić information content (AvgIpc) is 3.29. The van der Waals surface area contributed by atoms with Crippen molar-refractivity contribution < 1.29 is 4.42 Å². The fourth-order valence-corrected chi connectivity index (χ4v) is 3.80. The zero-order valence-electron chi connectivity index (χ0n) is 14.6. The van der Waals surface area contributed by atoms with Crippen molar-refractivity contribution >= 4 is 17.3 Å². The molecule has 1 saturated heterocycles. The monoisotopic (exact) mass is 363 g/mol. The zero-order valence-corrected chi connectivity index (χ0v) is 15.4. The van der Waals surface area contributed by atoms with Crippen molar-refractivity contribution in [3.05, 3.63) is 78.3 Å². The van der Waals surface area contributed by atoms with Gasteiger partial charge >= 0.3 is 0 Å². The number of rotatable bonds is 5. The minimum Gasteiger partial charge on any atom is -0.459 e. The number of benzene rings is 1. The molecule has 2 aromatic heterocycles. The predicted molar refractivity (Wildman–Crippen MR) is 107 cm³/mol. The molecule has 1 fully saturated rings. The lowest BCUT2D eigenvalue weighted by Gasteiger charge is -2.25. The van der Waals surface area contributed by atoms with Gasteiger partial charge in [-0.2, -0.15) is 0 Å². The molecule has 5 heteroatoms. The van der Waals surface area contributed by atoms with Gasteiger partial charge in [0.15, 0.2) is 5.11 Å². The van der Waals surface area contributed by atoms with Crippen molar-refractivity contribution in [3.8, 4) is 11.3 Å². The number of furan rings is 1. The van der Waals surface area contributed by atoms with E-state index in [-0.39, 0.29) is 12.1 Å². The first-order chi connectivity index (χ1) is 12.8. The Labute approximate surface area is 158 Å². The highest BCUT2D eigenvalue weighted by Crippen LogP contribution is 2.40. The Morgan fingerprint density at radius 3 is 2.62 bits per heavy atom. The number of aromatic nitrogens is 1. The minimum absolute atomic E-state index is 0.00480. The standard InChI is InChI=1S/C21H21N3OS/c1-2-14-24-20(19(23-21(24)26)16-10-6-7-13-22-16)18-12-11-17(25-18)15-8-4-3-5-9-15/h3-13,19-20H,2,14H2,1H3,(H,23,26)/t19-,20+/m1/s1. The van der Waals surface area contributed by atoms with Gasteiger partial charge in [-0.05, 0) is 42.9 Å². The van der Waals surface area contributed by atoms with Crippen molar-refractivity contribution in [2.45, 2.75) is 25.4 Å². The highest BCUT2D eigenvalue weighted by Gasteiger charge is 2.41. The third kappa shape index (κ3) is 3.10. The van der Waals surface area contributed by atoms with Gasteiger partial charge in [-0.15, -0.1) is 0 Å². The van der Waals surface area contributed by atoms with Gasteiger partial charge in [0.2, 0.25) is 0 Å².